The average Bonchev–Trinajstić information content (AvgIpc) is 2.50. The lowest BCUT2D eigenvalue weighted by atomic mass is 9.90. The Morgan fingerprint density at radius 3 is 2.53 bits per heavy atom. The number of aliphatic hydroxyl groups excluding tert-OH is 1. The van der Waals surface area contributed by atoms with Gasteiger partial charge in [0.2, 0.25) is 0 Å². The van der Waals surface area contributed by atoms with Crippen molar-refractivity contribution in [2.45, 2.75) is 45.1 Å². The third kappa shape index (κ3) is 1.91. The van der Waals surface area contributed by atoms with Gasteiger partial charge in [0.1, 0.15) is 5.82 Å². The first-order chi connectivity index (χ1) is 7.09. The van der Waals surface area contributed by atoms with Crippen LogP contribution in [0.3, 0.4) is 0 Å². The quantitative estimate of drug-likeness (QED) is 0.752. The summed E-state index contributed by atoms with van der Waals surface area (Å²) in [7, 11) is 0. The summed E-state index contributed by atoms with van der Waals surface area (Å²) in [6, 6.07) is 3.55. The van der Waals surface area contributed by atoms with E-state index in [2.05, 4.69) is 0 Å². The first-order valence-corrected chi connectivity index (χ1v) is 5.54. The van der Waals surface area contributed by atoms with Crippen molar-refractivity contribution in [3.8, 4) is 0 Å². The molecule has 0 aliphatic heterocycles. The molecule has 0 aromatic heterocycles. The van der Waals surface area contributed by atoms with Crippen LogP contribution in [0.25, 0.3) is 0 Å². The monoisotopic (exact) mass is 208 g/mol. The highest BCUT2D eigenvalue weighted by atomic mass is 19.1. The maximum absolute atomic E-state index is 13.8. The van der Waals surface area contributed by atoms with Crippen LogP contribution in [0.4, 0.5) is 4.39 Å². The van der Waals surface area contributed by atoms with Crippen LogP contribution in [0.5, 0.6) is 0 Å². The van der Waals surface area contributed by atoms with Crippen LogP contribution >= 0.6 is 0 Å². The molecule has 2 heteroatoms. The van der Waals surface area contributed by atoms with Crippen LogP contribution in [0, 0.1) is 19.7 Å². The Kier molecular flexibility index (Phi) is 2.79. The lowest BCUT2D eigenvalue weighted by Gasteiger charge is -2.18. The molecule has 0 saturated heterocycles. The van der Waals surface area contributed by atoms with E-state index in [1.54, 1.807) is 6.07 Å². The number of benzene rings is 1. The van der Waals surface area contributed by atoms with Gasteiger partial charge in [-0.3, -0.25) is 0 Å². The molecule has 1 aromatic carbocycles. The van der Waals surface area contributed by atoms with Gasteiger partial charge in [0.25, 0.3) is 0 Å². The first-order valence-electron chi connectivity index (χ1n) is 5.54. The molecular weight excluding hydrogens is 191 g/mol. The van der Waals surface area contributed by atoms with Crippen molar-refractivity contribution in [2.75, 3.05) is 0 Å². The fourth-order valence-electron chi connectivity index (χ4n) is 2.67. The zero-order chi connectivity index (χ0) is 11.0. The topological polar surface area (TPSA) is 20.2 Å². The number of rotatable bonds is 1. The second kappa shape index (κ2) is 3.93. The van der Waals surface area contributed by atoms with Crippen LogP contribution in [0.2, 0.25) is 0 Å². The van der Waals surface area contributed by atoms with E-state index >= 15 is 0 Å². The molecule has 1 nitrogen and oxygen atoms in total. The second-order valence-corrected chi connectivity index (χ2v) is 4.58. The molecule has 1 saturated carbocycles. The van der Waals surface area contributed by atoms with E-state index < -0.39 is 0 Å². The number of aryl methyl sites for hydroxylation is 2. The Bertz CT molecular complexity index is 350. The summed E-state index contributed by atoms with van der Waals surface area (Å²) in [5.74, 6) is -0.149. The molecule has 1 aliphatic rings. The highest BCUT2D eigenvalue weighted by Crippen LogP contribution is 2.37. The Labute approximate surface area is 89.9 Å². The molecular formula is C13H17FO. The SMILES string of the molecule is Cc1cc(C)c(C2CCCC2O)c(F)c1. The maximum atomic E-state index is 13.8. The lowest BCUT2D eigenvalue weighted by molar-refractivity contribution is 0.162. The molecule has 1 aromatic rings. The predicted molar refractivity (Wildman–Crippen MR) is 58.5 cm³/mol. The van der Waals surface area contributed by atoms with Crippen molar-refractivity contribution in [3.05, 3.63) is 34.6 Å². The Balaban J connectivity index is 2.43. The zero-order valence-corrected chi connectivity index (χ0v) is 9.26. The van der Waals surface area contributed by atoms with Crippen molar-refractivity contribution >= 4 is 0 Å². The van der Waals surface area contributed by atoms with Crippen LogP contribution in [-0.2, 0) is 0 Å². The van der Waals surface area contributed by atoms with Crippen LogP contribution < -0.4 is 0 Å². The van der Waals surface area contributed by atoms with Gasteiger partial charge in [-0.1, -0.05) is 12.5 Å². The molecule has 2 unspecified atom stereocenters. The van der Waals surface area contributed by atoms with Crippen LogP contribution in [-0.4, -0.2) is 11.2 Å². The second-order valence-electron chi connectivity index (χ2n) is 4.58. The van der Waals surface area contributed by atoms with Crippen molar-refractivity contribution < 1.29 is 9.50 Å². The minimum absolute atomic E-state index is 0.00519. The van der Waals surface area contributed by atoms with Gasteiger partial charge in [0.15, 0.2) is 0 Å². The maximum Gasteiger partial charge on any atom is 0.127 e. The molecule has 0 spiro atoms. The highest BCUT2D eigenvalue weighted by molar-refractivity contribution is 5.35. The first kappa shape index (κ1) is 10.6. The summed E-state index contributed by atoms with van der Waals surface area (Å²) in [6.07, 6.45) is 2.35. The highest BCUT2D eigenvalue weighted by Gasteiger charge is 2.29. The molecule has 0 heterocycles. The van der Waals surface area contributed by atoms with Gasteiger partial charge in [-0.05, 0) is 49.4 Å². The molecule has 1 fully saturated rings. The molecule has 2 atom stereocenters. The molecule has 1 N–H and O–H groups in total. The van der Waals surface area contributed by atoms with Gasteiger partial charge in [-0.15, -0.1) is 0 Å². The summed E-state index contributed by atoms with van der Waals surface area (Å²) in [5, 5.41) is 9.79. The number of hydrogen-bond donors (Lipinski definition) is 1. The zero-order valence-electron chi connectivity index (χ0n) is 9.26. The van der Waals surface area contributed by atoms with E-state index in [1.165, 1.54) is 0 Å². The van der Waals surface area contributed by atoms with Crippen molar-refractivity contribution in [2.24, 2.45) is 0 Å². The number of hydrogen-bond acceptors (Lipinski definition) is 1. The summed E-state index contributed by atoms with van der Waals surface area (Å²) >= 11 is 0. The summed E-state index contributed by atoms with van der Waals surface area (Å²) in [6.45, 7) is 3.82. The van der Waals surface area contributed by atoms with E-state index in [1.807, 2.05) is 19.9 Å². The van der Waals surface area contributed by atoms with E-state index in [0.717, 1.165) is 36.0 Å². The largest absolute Gasteiger partial charge is 0.392 e. The number of halogens is 1. The van der Waals surface area contributed by atoms with Gasteiger partial charge in [0.05, 0.1) is 6.10 Å². The molecule has 82 valence electrons. The summed E-state index contributed by atoms with van der Waals surface area (Å²) < 4.78 is 13.8. The normalized spacial score (nSPS) is 25.9. The third-order valence-corrected chi connectivity index (χ3v) is 3.33. The molecule has 1 aliphatic carbocycles. The van der Waals surface area contributed by atoms with Crippen molar-refractivity contribution in [3.63, 3.8) is 0 Å². The van der Waals surface area contributed by atoms with Gasteiger partial charge in [0, 0.05) is 5.92 Å². The van der Waals surface area contributed by atoms with Crippen LogP contribution in [0.15, 0.2) is 12.1 Å². The van der Waals surface area contributed by atoms with Crippen LogP contribution in [0.1, 0.15) is 41.9 Å². The van der Waals surface area contributed by atoms with E-state index in [0.29, 0.717) is 0 Å². The standard InChI is InChI=1S/C13H17FO/c1-8-6-9(2)13(11(14)7-8)10-4-3-5-12(10)15/h6-7,10,12,15H,3-5H2,1-2H3. The van der Waals surface area contributed by atoms with Gasteiger partial charge in [-0.2, -0.15) is 0 Å². The molecule has 0 bridgehead atoms. The molecule has 15 heavy (non-hydrogen) atoms. The van der Waals surface area contributed by atoms with Gasteiger partial charge < -0.3 is 5.11 Å². The smallest absolute Gasteiger partial charge is 0.127 e. The van der Waals surface area contributed by atoms with Crippen molar-refractivity contribution in [1.82, 2.24) is 0 Å². The fourth-order valence-corrected chi connectivity index (χ4v) is 2.67. The summed E-state index contributed by atoms with van der Waals surface area (Å²) in [5.41, 5.74) is 2.64. The minimum atomic E-state index is -0.360. The molecule has 0 radical (unpaired) electrons. The fraction of sp³-hybridized carbons (Fsp3) is 0.538. The third-order valence-electron chi connectivity index (χ3n) is 3.33. The van der Waals surface area contributed by atoms with Gasteiger partial charge in [-0.25, -0.2) is 4.39 Å². The Morgan fingerprint density at radius 2 is 2.00 bits per heavy atom. The van der Waals surface area contributed by atoms with Gasteiger partial charge >= 0.3 is 0 Å². The van der Waals surface area contributed by atoms with E-state index in [4.69, 9.17) is 0 Å². The van der Waals surface area contributed by atoms with E-state index in [-0.39, 0.29) is 17.8 Å². The number of aliphatic hydroxyl groups is 1. The molecule has 2 rings (SSSR count). The average molecular weight is 208 g/mol. The Morgan fingerprint density at radius 1 is 1.27 bits per heavy atom. The minimum Gasteiger partial charge on any atom is -0.392 e. The van der Waals surface area contributed by atoms with Crippen molar-refractivity contribution in [1.29, 1.82) is 0 Å². The molecule has 0 amide bonds. The Hall–Kier alpha value is -0.890. The predicted octanol–water partition coefficient (Wildman–Crippen LogP) is 3.07. The summed E-state index contributed by atoms with van der Waals surface area (Å²) in [4.78, 5) is 0. The lowest BCUT2D eigenvalue weighted by Crippen LogP contribution is -2.14. The van der Waals surface area contributed by atoms with E-state index in [9.17, 15) is 9.50 Å².